The third kappa shape index (κ3) is 4.20. The summed E-state index contributed by atoms with van der Waals surface area (Å²) in [6.45, 7) is 9.22. The molecule has 1 aliphatic heterocycles. The van der Waals surface area contributed by atoms with Crippen molar-refractivity contribution in [3.05, 3.63) is 24.3 Å². The van der Waals surface area contributed by atoms with Gasteiger partial charge in [0.2, 0.25) is 5.91 Å². The molecule has 0 radical (unpaired) electrons. The van der Waals surface area contributed by atoms with Gasteiger partial charge in [-0.2, -0.15) is 0 Å². The molecular formula is C15H24N2O3. The van der Waals surface area contributed by atoms with Crippen LogP contribution in [0.5, 0.6) is 0 Å². The lowest BCUT2D eigenvalue weighted by atomic mass is 9.90. The van der Waals surface area contributed by atoms with Gasteiger partial charge in [-0.3, -0.25) is 14.9 Å². The smallest absolute Gasteiger partial charge is 0.320 e. The molecule has 1 rings (SSSR count). The number of allylic oxidation sites excluding steroid dienone is 1. The molecule has 0 saturated carbocycles. The molecule has 1 heterocycles. The van der Waals surface area contributed by atoms with Crippen LogP contribution in [-0.4, -0.2) is 35.1 Å². The topological polar surface area (TPSA) is 78.4 Å². The van der Waals surface area contributed by atoms with Gasteiger partial charge in [-0.05, 0) is 32.6 Å². The lowest BCUT2D eigenvalue weighted by molar-refractivity contribution is -0.139. The van der Waals surface area contributed by atoms with E-state index < -0.39 is 12.0 Å². The van der Waals surface area contributed by atoms with Gasteiger partial charge in [0.25, 0.3) is 0 Å². The van der Waals surface area contributed by atoms with Crippen molar-refractivity contribution in [1.29, 1.82) is 0 Å². The van der Waals surface area contributed by atoms with E-state index in [0.717, 1.165) is 5.57 Å². The van der Waals surface area contributed by atoms with Crippen molar-refractivity contribution in [2.45, 2.75) is 51.7 Å². The van der Waals surface area contributed by atoms with Gasteiger partial charge < -0.3 is 10.4 Å². The number of carbonyl (C=O) groups is 2. The Labute approximate surface area is 120 Å². The number of hydrogen-bond acceptors (Lipinski definition) is 3. The molecule has 0 aliphatic carbocycles. The van der Waals surface area contributed by atoms with Gasteiger partial charge in [0.05, 0.1) is 0 Å². The second-order valence-corrected chi connectivity index (χ2v) is 5.36. The van der Waals surface area contributed by atoms with Crippen molar-refractivity contribution in [2.24, 2.45) is 5.92 Å². The highest BCUT2D eigenvalue weighted by Crippen LogP contribution is 2.26. The van der Waals surface area contributed by atoms with E-state index in [0.29, 0.717) is 12.8 Å². The molecular weight excluding hydrogens is 256 g/mol. The summed E-state index contributed by atoms with van der Waals surface area (Å²) in [6.07, 6.45) is 4.99. The molecule has 0 aromatic heterocycles. The maximum Gasteiger partial charge on any atom is 0.320 e. The van der Waals surface area contributed by atoms with Gasteiger partial charge in [0.15, 0.2) is 0 Å². The number of rotatable bonds is 6. The quantitative estimate of drug-likeness (QED) is 0.644. The number of amides is 1. The fourth-order valence-electron chi connectivity index (χ4n) is 2.67. The van der Waals surface area contributed by atoms with Gasteiger partial charge in [-0.25, -0.2) is 0 Å². The first-order valence-corrected chi connectivity index (χ1v) is 6.89. The average molecular weight is 280 g/mol. The SMILES string of the molecule is C=C[C@@H]1C[C@H](C(=O)O)NC1[C@H](C/C(C)=C\C)NC(C)=O. The maximum atomic E-state index is 11.4. The van der Waals surface area contributed by atoms with Gasteiger partial charge in [-0.15, -0.1) is 6.58 Å². The molecule has 1 aliphatic rings. The van der Waals surface area contributed by atoms with Crippen molar-refractivity contribution in [1.82, 2.24) is 10.6 Å². The van der Waals surface area contributed by atoms with E-state index in [1.807, 2.05) is 19.9 Å². The normalized spacial score (nSPS) is 27.9. The Morgan fingerprint density at radius 3 is 2.60 bits per heavy atom. The molecule has 1 amide bonds. The Bertz CT molecular complexity index is 417. The van der Waals surface area contributed by atoms with Crippen LogP contribution in [0.3, 0.4) is 0 Å². The minimum Gasteiger partial charge on any atom is -0.480 e. The number of aliphatic carboxylic acids is 1. The second kappa shape index (κ2) is 7.24. The molecule has 5 nitrogen and oxygen atoms in total. The zero-order valence-corrected chi connectivity index (χ0v) is 12.3. The fraction of sp³-hybridized carbons (Fsp3) is 0.600. The minimum atomic E-state index is -0.858. The summed E-state index contributed by atoms with van der Waals surface area (Å²) in [4.78, 5) is 22.5. The summed E-state index contributed by atoms with van der Waals surface area (Å²) >= 11 is 0. The molecule has 0 spiro atoms. The molecule has 1 fully saturated rings. The Morgan fingerprint density at radius 1 is 1.50 bits per heavy atom. The third-order valence-electron chi connectivity index (χ3n) is 3.82. The van der Waals surface area contributed by atoms with Crippen LogP contribution in [0.15, 0.2) is 24.3 Å². The molecule has 0 aromatic carbocycles. The first-order chi connectivity index (χ1) is 9.38. The summed E-state index contributed by atoms with van der Waals surface area (Å²) in [5, 5.41) is 15.2. The van der Waals surface area contributed by atoms with E-state index in [4.69, 9.17) is 5.11 Å². The first kappa shape index (κ1) is 16.4. The molecule has 5 heteroatoms. The second-order valence-electron chi connectivity index (χ2n) is 5.36. The standard InChI is InChI=1S/C15H24N2O3/c1-5-9(3)7-12(16-10(4)18)14-11(6-2)8-13(17-14)15(19)20/h5-6,11-14,17H,2,7-8H2,1,3-4H3,(H,16,18)(H,19,20)/b9-5-/t11-,12+,13-,14?/m1/s1. The highest BCUT2D eigenvalue weighted by molar-refractivity contribution is 5.75. The molecule has 1 saturated heterocycles. The predicted molar refractivity (Wildman–Crippen MR) is 78.3 cm³/mol. The average Bonchev–Trinajstić information content (AvgIpc) is 2.81. The van der Waals surface area contributed by atoms with Crippen molar-refractivity contribution in [2.75, 3.05) is 0 Å². The minimum absolute atomic E-state index is 0.0395. The summed E-state index contributed by atoms with van der Waals surface area (Å²) in [5.41, 5.74) is 1.16. The van der Waals surface area contributed by atoms with Crippen LogP contribution in [0.4, 0.5) is 0 Å². The summed E-state index contributed by atoms with van der Waals surface area (Å²) in [6, 6.07) is -0.811. The number of nitrogens with one attached hydrogen (secondary N) is 2. The largest absolute Gasteiger partial charge is 0.480 e. The van der Waals surface area contributed by atoms with E-state index in [2.05, 4.69) is 17.2 Å². The number of hydrogen-bond donors (Lipinski definition) is 3. The number of carbonyl (C=O) groups excluding carboxylic acids is 1. The highest BCUT2D eigenvalue weighted by atomic mass is 16.4. The van der Waals surface area contributed by atoms with E-state index in [1.54, 1.807) is 6.08 Å². The lowest BCUT2D eigenvalue weighted by Gasteiger charge is -2.28. The fourth-order valence-corrected chi connectivity index (χ4v) is 2.67. The van der Waals surface area contributed by atoms with Crippen molar-refractivity contribution >= 4 is 11.9 Å². The summed E-state index contributed by atoms with van der Waals surface area (Å²) < 4.78 is 0. The molecule has 0 bridgehead atoms. The van der Waals surface area contributed by atoms with E-state index in [9.17, 15) is 9.59 Å². The van der Waals surface area contributed by atoms with Crippen LogP contribution >= 0.6 is 0 Å². The zero-order valence-electron chi connectivity index (χ0n) is 12.3. The predicted octanol–water partition coefficient (Wildman–Crippen LogP) is 1.46. The summed E-state index contributed by atoms with van der Waals surface area (Å²) in [7, 11) is 0. The molecule has 20 heavy (non-hydrogen) atoms. The van der Waals surface area contributed by atoms with Crippen LogP contribution < -0.4 is 10.6 Å². The van der Waals surface area contributed by atoms with Gasteiger partial charge in [-0.1, -0.05) is 17.7 Å². The number of carboxylic acids is 1. The first-order valence-electron chi connectivity index (χ1n) is 6.89. The Morgan fingerprint density at radius 2 is 2.15 bits per heavy atom. The molecule has 3 N–H and O–H groups in total. The van der Waals surface area contributed by atoms with Gasteiger partial charge in [0, 0.05) is 19.0 Å². The van der Waals surface area contributed by atoms with Gasteiger partial charge >= 0.3 is 5.97 Å². The maximum absolute atomic E-state index is 11.4. The third-order valence-corrected chi connectivity index (χ3v) is 3.82. The van der Waals surface area contributed by atoms with Crippen LogP contribution in [0.1, 0.15) is 33.6 Å². The van der Waals surface area contributed by atoms with E-state index in [1.165, 1.54) is 6.92 Å². The van der Waals surface area contributed by atoms with Crippen LogP contribution in [0.2, 0.25) is 0 Å². The van der Waals surface area contributed by atoms with Crippen LogP contribution in [0.25, 0.3) is 0 Å². The van der Waals surface area contributed by atoms with Crippen molar-refractivity contribution in [3.8, 4) is 0 Å². The van der Waals surface area contributed by atoms with Crippen molar-refractivity contribution in [3.63, 3.8) is 0 Å². The number of carboxylic acid groups (broad SMARTS) is 1. The zero-order chi connectivity index (χ0) is 15.3. The van der Waals surface area contributed by atoms with Gasteiger partial charge in [0.1, 0.15) is 6.04 Å². The Balaban J connectivity index is 2.90. The lowest BCUT2D eigenvalue weighted by Crippen LogP contribution is -2.51. The van der Waals surface area contributed by atoms with E-state index in [-0.39, 0.29) is 23.9 Å². The van der Waals surface area contributed by atoms with Crippen molar-refractivity contribution < 1.29 is 14.7 Å². The summed E-state index contributed by atoms with van der Waals surface area (Å²) in [5.74, 6) is -0.927. The van der Waals surface area contributed by atoms with Crippen LogP contribution in [-0.2, 0) is 9.59 Å². The molecule has 4 atom stereocenters. The Hall–Kier alpha value is -1.62. The molecule has 1 unspecified atom stereocenters. The van der Waals surface area contributed by atoms with E-state index >= 15 is 0 Å². The molecule has 0 aromatic rings. The Kier molecular flexibility index (Phi) is 5.95. The monoisotopic (exact) mass is 280 g/mol. The molecule has 112 valence electrons. The van der Waals surface area contributed by atoms with Crippen LogP contribution in [0, 0.1) is 5.92 Å². The highest BCUT2D eigenvalue weighted by Gasteiger charge is 2.40.